The fourth-order valence-electron chi connectivity index (χ4n) is 9.87. The Morgan fingerprint density at radius 3 is 2.21 bits per heavy atom. The van der Waals surface area contributed by atoms with Gasteiger partial charge in [0.1, 0.15) is 11.8 Å². The summed E-state index contributed by atoms with van der Waals surface area (Å²) in [5.41, 5.74) is 13.5. The van der Waals surface area contributed by atoms with Crippen molar-refractivity contribution in [2.24, 2.45) is 5.41 Å². The topological polar surface area (TPSA) is 188 Å². The molecule has 0 aliphatic carbocycles. The molecule has 6 N–H and O–H groups in total. The number of para-hydroxylation sites is 1. The number of nitrogens with zero attached hydrogens (tertiary/aromatic N) is 7. The van der Waals surface area contributed by atoms with Gasteiger partial charge >= 0.3 is 0 Å². The lowest BCUT2D eigenvalue weighted by Gasteiger charge is -2.35. The summed E-state index contributed by atoms with van der Waals surface area (Å²) in [5, 5.41) is 41.1. The van der Waals surface area contributed by atoms with E-state index in [0.29, 0.717) is 22.6 Å². The van der Waals surface area contributed by atoms with Gasteiger partial charge in [0.15, 0.2) is 11.3 Å². The number of carbonyl (C=O) groups excluding carboxylic acids is 2. The molecule has 0 saturated carbocycles. The molecule has 2 amide bonds. The SMILES string of the molecule is Cc1ncsc1-c1ccc([C@H](C)NC(=O)[C@@H]2C[C@@H](O)CN2C(=O)[C@@H](NCCCCCCCCCCCCCN2CCC(n3nc(N)c4nnc(-c5ccccc5O)cc43)CC2)C(C)(C)C)cc1. The van der Waals surface area contributed by atoms with Gasteiger partial charge in [0.2, 0.25) is 11.8 Å². The molecule has 2 aliphatic heterocycles. The number of hydrogen-bond acceptors (Lipinski definition) is 12. The highest BCUT2D eigenvalue weighted by atomic mass is 32.1. The number of likely N-dealkylation sites (tertiary alicyclic amines) is 2. The number of nitrogen functional groups attached to an aromatic ring is 1. The summed E-state index contributed by atoms with van der Waals surface area (Å²) < 4.78 is 2.03. The summed E-state index contributed by atoms with van der Waals surface area (Å²) in [6.45, 7) is 14.2. The van der Waals surface area contributed by atoms with E-state index in [0.717, 1.165) is 79.1 Å². The van der Waals surface area contributed by atoms with Gasteiger partial charge in [-0.25, -0.2) is 4.98 Å². The van der Waals surface area contributed by atoms with Crippen molar-refractivity contribution >= 4 is 40.0 Å². The zero-order valence-corrected chi connectivity index (χ0v) is 41.2. The maximum Gasteiger partial charge on any atom is 0.243 e. The van der Waals surface area contributed by atoms with Crippen LogP contribution in [0.2, 0.25) is 0 Å². The largest absolute Gasteiger partial charge is 0.507 e. The Hall–Kier alpha value is -4.96. The molecule has 0 spiro atoms. The number of aromatic hydroxyl groups is 1. The van der Waals surface area contributed by atoms with Crippen LogP contribution in [0.15, 0.2) is 60.1 Å². The number of unbranched alkanes of at least 4 members (excludes halogenated alkanes) is 10. The van der Waals surface area contributed by atoms with Crippen molar-refractivity contribution in [1.82, 2.24) is 45.4 Å². The van der Waals surface area contributed by atoms with Crippen molar-refractivity contribution in [2.45, 2.75) is 155 Å². The molecule has 0 unspecified atom stereocenters. The Balaban J connectivity index is 0.732. The van der Waals surface area contributed by atoms with Gasteiger partial charge < -0.3 is 36.4 Å². The van der Waals surface area contributed by atoms with E-state index in [-0.39, 0.29) is 48.0 Å². The molecule has 3 aromatic heterocycles. The second-order valence-electron chi connectivity index (χ2n) is 20.0. The maximum atomic E-state index is 14.1. The highest BCUT2D eigenvalue weighted by molar-refractivity contribution is 7.13. The minimum atomic E-state index is -0.735. The van der Waals surface area contributed by atoms with E-state index in [1.165, 1.54) is 57.8 Å². The molecular weight excluding hydrogens is 861 g/mol. The van der Waals surface area contributed by atoms with Crippen LogP contribution in [0.4, 0.5) is 5.82 Å². The summed E-state index contributed by atoms with van der Waals surface area (Å²) in [6.07, 6.45) is 15.0. The highest BCUT2D eigenvalue weighted by Gasteiger charge is 2.44. The van der Waals surface area contributed by atoms with Crippen molar-refractivity contribution in [3.8, 4) is 27.4 Å². The lowest BCUT2D eigenvalue weighted by atomic mass is 9.85. The number of phenolic OH excluding ortho intramolecular Hbond substituents is 1. The number of aryl methyl sites for hydroxylation is 1. The van der Waals surface area contributed by atoms with Crippen molar-refractivity contribution < 1.29 is 19.8 Å². The number of carbonyl (C=O) groups is 2. The average Bonchev–Trinajstić information content (AvgIpc) is 4.03. The van der Waals surface area contributed by atoms with Crippen LogP contribution >= 0.6 is 11.3 Å². The highest BCUT2D eigenvalue weighted by Crippen LogP contribution is 2.34. The normalized spacial score (nSPS) is 18.1. The van der Waals surface area contributed by atoms with Gasteiger partial charge in [-0.2, -0.15) is 5.10 Å². The Labute approximate surface area is 401 Å². The number of benzene rings is 2. The Morgan fingerprint density at radius 1 is 0.910 bits per heavy atom. The van der Waals surface area contributed by atoms with E-state index in [4.69, 9.17) is 5.73 Å². The Bertz CT molecular complexity index is 2370. The van der Waals surface area contributed by atoms with Crippen LogP contribution in [0.3, 0.4) is 0 Å². The smallest absolute Gasteiger partial charge is 0.243 e. The number of aromatic nitrogens is 5. The van der Waals surface area contributed by atoms with Gasteiger partial charge in [0.25, 0.3) is 0 Å². The molecule has 2 aromatic carbocycles. The average molecular weight is 935 g/mol. The standard InChI is InChI=1S/C52H74N10O4S/c1-35(37-21-23-38(24-22-37)47-36(2)55-34-67-47)56-50(65)44-31-40(63)33-61(44)51(66)48(52(3,4)5)54-27-17-13-11-9-7-6-8-10-12-14-18-28-60-29-25-39(26-30-60)62-43-32-42(41-19-15-16-20-45(41)64)57-58-46(43)49(53)59-62/h15-16,19-24,32,34-35,39-40,44,48,54,63-64H,6-14,17-18,25-31,33H2,1-5H3,(H2,53,59)(H,56,65)/t35-,40+,44-,48+/m0/s1. The van der Waals surface area contributed by atoms with Gasteiger partial charge in [-0.15, -0.1) is 21.5 Å². The summed E-state index contributed by atoms with van der Waals surface area (Å²) in [6, 6.07) is 16.1. The molecule has 5 aromatic rings. The molecule has 5 heterocycles. The number of nitrogens with two attached hydrogens (primary N) is 1. The lowest BCUT2D eigenvalue weighted by Crippen LogP contribution is -2.56. The summed E-state index contributed by atoms with van der Waals surface area (Å²) in [7, 11) is 0. The number of rotatable bonds is 22. The summed E-state index contributed by atoms with van der Waals surface area (Å²) in [4.78, 5) is 37.4. The lowest BCUT2D eigenvalue weighted by molar-refractivity contribution is -0.142. The van der Waals surface area contributed by atoms with Gasteiger partial charge in [-0.05, 0) is 87.4 Å². The van der Waals surface area contributed by atoms with E-state index in [9.17, 15) is 19.8 Å². The second-order valence-corrected chi connectivity index (χ2v) is 20.9. The van der Waals surface area contributed by atoms with Crippen LogP contribution in [0, 0.1) is 12.3 Å². The maximum absolute atomic E-state index is 14.1. The van der Waals surface area contributed by atoms with Crippen LogP contribution < -0.4 is 16.4 Å². The molecule has 0 bridgehead atoms. The van der Waals surface area contributed by atoms with E-state index in [1.54, 1.807) is 28.4 Å². The molecule has 2 fully saturated rings. The monoisotopic (exact) mass is 935 g/mol. The molecule has 14 nitrogen and oxygen atoms in total. The Morgan fingerprint density at radius 2 is 1.57 bits per heavy atom. The number of β-amino-alcohol motifs (C(OH)–C–C–N with tert-alkyl or cyclic N) is 1. The van der Waals surface area contributed by atoms with Crippen molar-refractivity contribution in [2.75, 3.05) is 38.5 Å². The van der Waals surface area contributed by atoms with E-state index < -0.39 is 18.2 Å². The molecule has 4 atom stereocenters. The predicted octanol–water partition coefficient (Wildman–Crippen LogP) is 8.98. The number of thiazole rings is 1. The molecular formula is C52H74N10O4S. The summed E-state index contributed by atoms with van der Waals surface area (Å²) >= 11 is 1.61. The van der Waals surface area contributed by atoms with E-state index in [1.807, 2.05) is 54.4 Å². The van der Waals surface area contributed by atoms with Crippen LogP contribution in [0.1, 0.15) is 141 Å². The van der Waals surface area contributed by atoms with Gasteiger partial charge in [-0.3, -0.25) is 14.3 Å². The number of piperidine rings is 1. The van der Waals surface area contributed by atoms with E-state index in [2.05, 4.69) is 68.7 Å². The third kappa shape index (κ3) is 13.0. The first-order chi connectivity index (χ1) is 32.3. The van der Waals surface area contributed by atoms with E-state index >= 15 is 0 Å². The minimum absolute atomic E-state index is 0.119. The number of aliphatic hydroxyl groups excluding tert-OH is 1. The number of fused-ring (bicyclic) bond motifs is 1. The fourth-order valence-corrected chi connectivity index (χ4v) is 10.7. The zero-order valence-electron chi connectivity index (χ0n) is 40.4. The van der Waals surface area contributed by atoms with Crippen LogP contribution in [-0.2, 0) is 9.59 Å². The minimum Gasteiger partial charge on any atom is -0.507 e. The first kappa shape index (κ1) is 49.9. The number of nitrogens with one attached hydrogen (secondary N) is 2. The molecule has 0 radical (unpaired) electrons. The zero-order chi connectivity index (χ0) is 47.5. The van der Waals surface area contributed by atoms with Crippen molar-refractivity contribution in [3.05, 3.63) is 71.4 Å². The number of hydrogen-bond donors (Lipinski definition) is 5. The Kier molecular flexibility index (Phi) is 17.4. The number of aliphatic hydroxyl groups is 1. The molecule has 2 aliphatic rings. The van der Waals surface area contributed by atoms with Gasteiger partial charge in [-0.1, -0.05) is 115 Å². The third-order valence-electron chi connectivity index (χ3n) is 13.8. The molecule has 7 rings (SSSR count). The first-order valence-electron chi connectivity index (χ1n) is 24.8. The van der Waals surface area contributed by atoms with Crippen LogP contribution in [0.25, 0.3) is 32.7 Å². The quantitative estimate of drug-likeness (QED) is 0.0417. The van der Waals surface area contributed by atoms with Crippen LogP contribution in [-0.4, -0.2) is 108 Å². The summed E-state index contributed by atoms with van der Waals surface area (Å²) in [5.74, 6) is 0.215. The number of amides is 2. The molecule has 15 heteroatoms. The molecule has 67 heavy (non-hydrogen) atoms. The van der Waals surface area contributed by atoms with Crippen molar-refractivity contribution in [3.63, 3.8) is 0 Å². The molecule has 362 valence electrons. The number of phenols is 1. The second kappa shape index (κ2) is 23.4. The fraction of sp³-hybridized carbons (Fsp3) is 0.577. The van der Waals surface area contributed by atoms with Crippen molar-refractivity contribution in [1.29, 1.82) is 0 Å². The third-order valence-corrected chi connectivity index (χ3v) is 14.8. The predicted molar refractivity (Wildman–Crippen MR) is 269 cm³/mol. The first-order valence-corrected chi connectivity index (χ1v) is 25.7. The number of anilines is 1. The van der Waals surface area contributed by atoms with Gasteiger partial charge in [0, 0.05) is 31.6 Å². The molecule has 2 saturated heterocycles. The van der Waals surface area contributed by atoms with Gasteiger partial charge in [0.05, 0.1) is 51.5 Å². The van der Waals surface area contributed by atoms with Crippen LogP contribution in [0.5, 0.6) is 5.75 Å².